The molecule has 0 amide bonds. The predicted molar refractivity (Wildman–Crippen MR) is 79.4 cm³/mol. The number of thiocarbonyl (C=S) groups is 1. The van der Waals surface area contributed by atoms with Gasteiger partial charge in [-0.15, -0.1) is 0 Å². The molecule has 1 rings (SSSR count). The molecule has 1 fully saturated rings. The first kappa shape index (κ1) is 14.7. The highest BCUT2D eigenvalue weighted by Crippen LogP contribution is 2.16. The van der Waals surface area contributed by atoms with Crippen molar-refractivity contribution in [2.45, 2.75) is 71.3 Å². The zero-order valence-corrected chi connectivity index (χ0v) is 12.3. The van der Waals surface area contributed by atoms with E-state index in [1.165, 1.54) is 51.4 Å². The Hall–Kier alpha value is -0.310. The molecule has 1 heterocycles. The third-order valence-electron chi connectivity index (χ3n) is 3.62. The molecule has 0 saturated carbocycles. The monoisotopic (exact) mass is 256 g/mol. The van der Waals surface area contributed by atoms with Crippen LogP contribution in [-0.4, -0.2) is 29.1 Å². The smallest absolute Gasteiger partial charge is 0.169 e. The van der Waals surface area contributed by atoms with E-state index < -0.39 is 0 Å². The van der Waals surface area contributed by atoms with E-state index in [0.29, 0.717) is 6.04 Å². The van der Waals surface area contributed by atoms with Crippen LogP contribution in [0.3, 0.4) is 0 Å². The van der Waals surface area contributed by atoms with Crippen molar-refractivity contribution in [1.29, 1.82) is 0 Å². The quantitative estimate of drug-likeness (QED) is 0.596. The second kappa shape index (κ2) is 8.73. The van der Waals surface area contributed by atoms with E-state index in [-0.39, 0.29) is 0 Å². The van der Waals surface area contributed by atoms with E-state index in [2.05, 4.69) is 24.1 Å². The van der Waals surface area contributed by atoms with E-state index >= 15 is 0 Å². The van der Waals surface area contributed by atoms with E-state index in [9.17, 15) is 0 Å². The van der Waals surface area contributed by atoms with Crippen LogP contribution in [0, 0.1) is 0 Å². The van der Waals surface area contributed by atoms with Gasteiger partial charge in [-0.3, -0.25) is 0 Å². The highest BCUT2D eigenvalue weighted by atomic mass is 32.1. The highest BCUT2D eigenvalue weighted by molar-refractivity contribution is 7.80. The normalized spacial score (nSPS) is 21.1. The van der Waals surface area contributed by atoms with Gasteiger partial charge in [0.15, 0.2) is 5.11 Å². The van der Waals surface area contributed by atoms with Crippen LogP contribution >= 0.6 is 12.2 Å². The molecule has 1 unspecified atom stereocenters. The molecule has 0 aliphatic carbocycles. The minimum absolute atomic E-state index is 0.619. The van der Waals surface area contributed by atoms with Gasteiger partial charge in [0.2, 0.25) is 0 Å². The number of rotatable bonds is 5. The Kier molecular flexibility index (Phi) is 7.58. The van der Waals surface area contributed by atoms with Crippen molar-refractivity contribution in [1.82, 2.24) is 10.2 Å². The Bertz CT molecular complexity index is 218. The Morgan fingerprint density at radius 3 is 2.82 bits per heavy atom. The van der Waals surface area contributed by atoms with Crippen molar-refractivity contribution < 1.29 is 0 Å². The largest absolute Gasteiger partial charge is 0.363 e. The number of nitrogens with zero attached hydrogens (tertiary/aromatic N) is 1. The maximum atomic E-state index is 5.50. The molecule has 100 valence electrons. The highest BCUT2D eigenvalue weighted by Gasteiger charge is 2.18. The van der Waals surface area contributed by atoms with Crippen LogP contribution in [0.2, 0.25) is 0 Å². The molecule has 2 nitrogen and oxygen atoms in total. The molecule has 1 N–H and O–H groups in total. The summed E-state index contributed by atoms with van der Waals surface area (Å²) in [5.74, 6) is 0. The molecule has 1 aliphatic heterocycles. The summed E-state index contributed by atoms with van der Waals surface area (Å²) in [5, 5.41) is 4.41. The Labute approximate surface area is 112 Å². The van der Waals surface area contributed by atoms with Gasteiger partial charge in [0.05, 0.1) is 0 Å². The molecule has 0 bridgehead atoms. The van der Waals surface area contributed by atoms with Crippen molar-refractivity contribution in [3.63, 3.8) is 0 Å². The third-order valence-corrected chi connectivity index (χ3v) is 4.00. The molecular weight excluding hydrogens is 228 g/mol. The molecular formula is C14H28N2S. The van der Waals surface area contributed by atoms with Crippen molar-refractivity contribution >= 4 is 17.3 Å². The summed E-state index contributed by atoms with van der Waals surface area (Å²) in [5.41, 5.74) is 0. The van der Waals surface area contributed by atoms with Crippen LogP contribution in [0.15, 0.2) is 0 Å². The standard InChI is InChI=1S/C14H28N2S/c1-3-4-5-8-11-15-14(17)16-12-9-6-7-10-13(16)2/h13H,3-12H2,1-2H3,(H,15,17). The number of hydrogen-bond acceptors (Lipinski definition) is 1. The number of likely N-dealkylation sites (tertiary alicyclic amines) is 1. The lowest BCUT2D eigenvalue weighted by Gasteiger charge is -2.30. The average molecular weight is 256 g/mol. The van der Waals surface area contributed by atoms with E-state index in [0.717, 1.165) is 18.2 Å². The minimum atomic E-state index is 0.619. The van der Waals surface area contributed by atoms with Crippen LogP contribution in [0.5, 0.6) is 0 Å². The molecule has 0 aromatic rings. The lowest BCUT2D eigenvalue weighted by Crippen LogP contribution is -2.44. The van der Waals surface area contributed by atoms with Crippen LogP contribution in [0.1, 0.15) is 65.2 Å². The summed E-state index contributed by atoms with van der Waals surface area (Å²) in [6.07, 6.45) is 10.5. The van der Waals surface area contributed by atoms with Crippen LogP contribution in [-0.2, 0) is 0 Å². The van der Waals surface area contributed by atoms with Gasteiger partial charge in [0.1, 0.15) is 0 Å². The second-order valence-corrected chi connectivity index (χ2v) is 5.57. The van der Waals surface area contributed by atoms with Gasteiger partial charge in [-0.05, 0) is 38.4 Å². The molecule has 0 aromatic heterocycles. The molecule has 1 atom stereocenters. The summed E-state index contributed by atoms with van der Waals surface area (Å²) in [6, 6.07) is 0.619. The van der Waals surface area contributed by atoms with Gasteiger partial charge in [-0.25, -0.2) is 0 Å². The first-order chi connectivity index (χ1) is 8.25. The SMILES string of the molecule is CCCCCCNC(=S)N1CCCCCC1C. The number of hydrogen-bond donors (Lipinski definition) is 1. The zero-order chi connectivity index (χ0) is 12.5. The zero-order valence-electron chi connectivity index (χ0n) is 11.5. The van der Waals surface area contributed by atoms with Crippen LogP contribution in [0.4, 0.5) is 0 Å². The Balaban J connectivity index is 2.20. The minimum Gasteiger partial charge on any atom is -0.363 e. The number of nitrogens with one attached hydrogen (secondary N) is 1. The molecule has 0 aromatic carbocycles. The first-order valence-corrected chi connectivity index (χ1v) is 7.71. The van der Waals surface area contributed by atoms with E-state index in [1.807, 2.05) is 0 Å². The van der Waals surface area contributed by atoms with E-state index in [4.69, 9.17) is 12.2 Å². The number of unbranched alkanes of at least 4 members (excludes halogenated alkanes) is 3. The van der Waals surface area contributed by atoms with Crippen molar-refractivity contribution in [2.24, 2.45) is 0 Å². The first-order valence-electron chi connectivity index (χ1n) is 7.30. The van der Waals surface area contributed by atoms with Gasteiger partial charge >= 0.3 is 0 Å². The van der Waals surface area contributed by atoms with Crippen molar-refractivity contribution in [3.05, 3.63) is 0 Å². The van der Waals surface area contributed by atoms with Gasteiger partial charge < -0.3 is 10.2 Å². The van der Waals surface area contributed by atoms with Crippen LogP contribution in [0.25, 0.3) is 0 Å². The maximum Gasteiger partial charge on any atom is 0.169 e. The van der Waals surface area contributed by atoms with Crippen molar-refractivity contribution in [3.8, 4) is 0 Å². The Morgan fingerprint density at radius 1 is 1.24 bits per heavy atom. The summed E-state index contributed by atoms with van der Waals surface area (Å²) < 4.78 is 0. The van der Waals surface area contributed by atoms with E-state index in [1.54, 1.807) is 0 Å². The van der Waals surface area contributed by atoms with Crippen molar-refractivity contribution in [2.75, 3.05) is 13.1 Å². The lowest BCUT2D eigenvalue weighted by molar-refractivity contribution is 0.331. The summed E-state index contributed by atoms with van der Waals surface area (Å²) in [7, 11) is 0. The fraction of sp³-hybridized carbons (Fsp3) is 0.929. The topological polar surface area (TPSA) is 15.3 Å². The molecule has 0 radical (unpaired) electrons. The molecule has 1 aliphatic rings. The maximum absolute atomic E-state index is 5.50. The average Bonchev–Trinajstić information content (AvgIpc) is 2.53. The summed E-state index contributed by atoms with van der Waals surface area (Å²) >= 11 is 5.50. The second-order valence-electron chi connectivity index (χ2n) is 5.18. The van der Waals surface area contributed by atoms with Gasteiger partial charge in [0.25, 0.3) is 0 Å². The summed E-state index contributed by atoms with van der Waals surface area (Å²) in [6.45, 7) is 6.73. The summed E-state index contributed by atoms with van der Waals surface area (Å²) in [4.78, 5) is 2.39. The molecule has 1 saturated heterocycles. The van der Waals surface area contributed by atoms with Crippen LogP contribution < -0.4 is 5.32 Å². The predicted octanol–water partition coefficient (Wildman–Crippen LogP) is 3.71. The fourth-order valence-corrected chi connectivity index (χ4v) is 2.80. The lowest BCUT2D eigenvalue weighted by atomic mass is 10.1. The molecule has 0 spiro atoms. The van der Waals surface area contributed by atoms with Gasteiger partial charge in [0, 0.05) is 19.1 Å². The Morgan fingerprint density at radius 2 is 2.06 bits per heavy atom. The third kappa shape index (κ3) is 5.71. The van der Waals surface area contributed by atoms with Gasteiger partial charge in [-0.2, -0.15) is 0 Å². The molecule has 3 heteroatoms. The van der Waals surface area contributed by atoms with Gasteiger partial charge in [-0.1, -0.05) is 39.0 Å². The fourth-order valence-electron chi connectivity index (χ4n) is 2.43. The molecule has 17 heavy (non-hydrogen) atoms.